The molecule has 0 radical (unpaired) electrons. The van der Waals surface area contributed by atoms with Gasteiger partial charge in [0, 0.05) is 125 Å². The second-order valence-electron chi connectivity index (χ2n) is 33.3. The number of halogens is 2. The Morgan fingerprint density at radius 2 is 0.771 bits per heavy atom. The number of methoxy groups -OCH3 is 5. The van der Waals surface area contributed by atoms with Gasteiger partial charge in [-0.15, -0.1) is 24.8 Å². The molecular weight excluding hydrogens is 1550 g/mol. The molecule has 1 fully saturated rings. The number of anilines is 1. The van der Waals surface area contributed by atoms with Gasteiger partial charge in [0.2, 0.25) is 0 Å². The van der Waals surface area contributed by atoms with Gasteiger partial charge in [-0.25, -0.2) is 24.0 Å². The molecule has 0 unspecified atom stereocenters. The molecule has 5 aliphatic heterocycles. The highest BCUT2D eigenvalue weighted by atomic mass is 35.5. The number of carbonyl (C=O) groups excluding carboxylic acids is 6. The molecule has 30 heteroatoms. The number of rotatable bonds is 6. The van der Waals surface area contributed by atoms with Crippen LogP contribution in [0.5, 0.6) is 28.7 Å². The standard InChI is InChI=1S/C18H24N2O3.C17H22N2O3.C13H16N2O.C12H14N2O.C10H17NO3.C10H18O5.C7H10N2O.CH4.2ClH/c1-18(2,3)23-17(21)20-9-8-13-14-10-12(22-5)6-7-15(14)19(4)16(13)11-20;1-17(2,3)22-16(20)19-8-7-12-13-9-11(21-4)5-6-14(13)18-15(12)10-19;1-15-12-4-3-9(16-2)7-11(12)10-5-6-14-8-13(10)15;1-15-8-2-3-11-10(6-8)9-4-5-13-7-12(9)14-11;1-10(2,3)14-9(13)11-6-4-5-8(12)7-11;1-9(2,3)14-7(11)13-8(12)15-10(4,5)6;1-10-7-4-2-6(9-8)3-5-7;;;/h6-7,10H,8-9,11H2,1-5H3;5-6,9,18H,7-8,10H2,1-4H3;3-4,7,14H,5-6,8H2,1-2H3;2-3,6,13-14H,4-5,7H2,1H3;4-7H2,1-3H3;1-6H3;2-5,9H,8H2,1H3;1H4;2*1H. The van der Waals surface area contributed by atoms with Gasteiger partial charge in [0.1, 0.15) is 56.8 Å². The number of nitrogens with one attached hydrogen (secondary N) is 5. The van der Waals surface area contributed by atoms with E-state index in [0.29, 0.717) is 39.1 Å². The Morgan fingerprint density at radius 1 is 0.407 bits per heavy atom. The molecule has 5 aliphatic rings. The van der Waals surface area contributed by atoms with Crippen molar-refractivity contribution in [3.05, 3.63) is 142 Å². The van der Waals surface area contributed by atoms with E-state index in [9.17, 15) is 28.8 Å². The Morgan fingerprint density at radius 3 is 1.20 bits per heavy atom. The second kappa shape index (κ2) is 42.9. The van der Waals surface area contributed by atoms with Crippen molar-refractivity contribution >= 4 is 110 Å². The first-order chi connectivity index (χ1) is 54.1. The first-order valence-corrected chi connectivity index (χ1v) is 38.9. The fraction of sp³-hybridized carbons (Fsp3) is 0.500. The average molecular weight is 1680 g/mol. The number of hydrogen-bond donors (Lipinski definition) is 6. The fourth-order valence-electron chi connectivity index (χ4n) is 13.5. The highest BCUT2D eigenvalue weighted by molar-refractivity contribution is 5.91. The van der Waals surface area contributed by atoms with Gasteiger partial charge in [0.25, 0.3) is 0 Å². The number of ketones is 1. The van der Waals surface area contributed by atoms with Crippen LogP contribution in [0.2, 0.25) is 0 Å². The number of nitrogens with zero attached hydrogens (tertiary/aromatic N) is 5. The largest absolute Gasteiger partial charge is 0.519 e. The lowest BCUT2D eigenvalue weighted by Crippen LogP contribution is -2.43. The quantitative estimate of drug-likeness (QED) is 0.0296. The minimum atomic E-state index is -1.06. The monoisotopic (exact) mass is 1680 g/mol. The van der Waals surface area contributed by atoms with Gasteiger partial charge in [-0.2, -0.15) is 0 Å². The van der Waals surface area contributed by atoms with Crippen LogP contribution in [0.1, 0.15) is 169 Å². The lowest BCUT2D eigenvalue weighted by Gasteiger charge is -2.30. The van der Waals surface area contributed by atoms with E-state index in [2.05, 4.69) is 83.3 Å². The van der Waals surface area contributed by atoms with E-state index in [4.69, 9.17) is 53.2 Å². The number of aromatic nitrogens is 4. The molecule has 118 heavy (non-hydrogen) atoms. The number of piperidine rings is 1. The zero-order valence-corrected chi connectivity index (χ0v) is 73.8. The van der Waals surface area contributed by atoms with Crippen LogP contribution in [0.4, 0.5) is 29.7 Å². The molecule has 3 amide bonds. The molecule has 9 aromatic rings. The Kier molecular flexibility index (Phi) is 35.8. The number of ether oxygens (including phenoxy) is 11. The molecule has 0 saturated carbocycles. The number of fused-ring (bicyclic) bond motifs is 12. The Hall–Kier alpha value is -10.3. The van der Waals surface area contributed by atoms with Crippen molar-refractivity contribution in [2.75, 3.05) is 80.2 Å². The number of nitrogens with two attached hydrogens (primary N) is 1. The molecule has 7 N–H and O–H groups in total. The van der Waals surface area contributed by atoms with Crippen LogP contribution in [0.25, 0.3) is 43.6 Å². The fourth-order valence-corrected chi connectivity index (χ4v) is 13.5. The highest BCUT2D eigenvalue weighted by Gasteiger charge is 2.32. The third kappa shape index (κ3) is 28.2. The zero-order valence-electron chi connectivity index (χ0n) is 72.1. The van der Waals surface area contributed by atoms with Crippen molar-refractivity contribution in [2.24, 2.45) is 19.9 Å². The van der Waals surface area contributed by atoms with Gasteiger partial charge in [0.05, 0.1) is 55.2 Å². The molecule has 9 heterocycles. The molecule has 0 bridgehead atoms. The Bertz CT molecular complexity index is 4790. The summed E-state index contributed by atoms with van der Waals surface area (Å²) < 4.78 is 60.5. The molecular formula is C88H127Cl2N11O17. The lowest BCUT2D eigenvalue weighted by molar-refractivity contribution is -0.122. The lowest BCUT2D eigenvalue weighted by atomic mass is 10.0. The van der Waals surface area contributed by atoms with Gasteiger partial charge in [-0.05, 0) is 268 Å². The van der Waals surface area contributed by atoms with Gasteiger partial charge >= 0.3 is 30.6 Å². The van der Waals surface area contributed by atoms with Crippen molar-refractivity contribution in [3.63, 3.8) is 0 Å². The first kappa shape index (κ1) is 98.3. The van der Waals surface area contributed by atoms with Crippen molar-refractivity contribution in [3.8, 4) is 28.7 Å². The number of nitrogen functional groups attached to an aromatic ring is 1. The van der Waals surface area contributed by atoms with Crippen LogP contribution in [-0.2, 0) is 99.2 Å². The molecule has 1 saturated heterocycles. The summed E-state index contributed by atoms with van der Waals surface area (Å²) in [5, 5.41) is 11.8. The number of aromatic amines is 2. The summed E-state index contributed by atoms with van der Waals surface area (Å²) in [7, 11) is 12.6. The number of H-pyrrole nitrogens is 2. The number of amides is 3. The topological polar surface area (TPSA) is 317 Å². The molecule has 4 aromatic heterocycles. The van der Waals surface area contributed by atoms with Gasteiger partial charge in [-0.3, -0.25) is 10.6 Å². The normalized spacial score (nSPS) is 14.1. The summed E-state index contributed by atoms with van der Waals surface area (Å²) in [6, 6.07) is 32.0. The summed E-state index contributed by atoms with van der Waals surface area (Å²) in [6.07, 6.45) is 2.19. The van der Waals surface area contributed by atoms with Crippen molar-refractivity contribution in [1.29, 1.82) is 0 Å². The van der Waals surface area contributed by atoms with Crippen molar-refractivity contribution in [2.45, 2.75) is 204 Å². The molecule has 650 valence electrons. The predicted octanol–water partition coefficient (Wildman–Crippen LogP) is 17.5. The number of hydrazine groups is 1. The minimum absolute atomic E-state index is 0. The van der Waals surface area contributed by atoms with Gasteiger partial charge in [-0.1, -0.05) is 7.43 Å². The number of likely N-dealkylation sites (tertiary alicyclic amines) is 1. The van der Waals surface area contributed by atoms with E-state index in [0.717, 1.165) is 104 Å². The maximum atomic E-state index is 12.3. The smallest absolute Gasteiger partial charge is 0.497 e. The number of benzene rings is 5. The molecule has 0 aliphatic carbocycles. The highest BCUT2D eigenvalue weighted by Crippen LogP contribution is 2.36. The third-order valence-electron chi connectivity index (χ3n) is 18.7. The predicted molar refractivity (Wildman–Crippen MR) is 468 cm³/mol. The van der Waals surface area contributed by atoms with E-state index < -0.39 is 40.3 Å². The third-order valence-corrected chi connectivity index (χ3v) is 18.7. The van der Waals surface area contributed by atoms with E-state index in [1.807, 2.05) is 130 Å². The van der Waals surface area contributed by atoms with E-state index >= 15 is 0 Å². The van der Waals surface area contributed by atoms with Gasteiger partial charge in [0.15, 0.2) is 5.78 Å². The number of carbonyl (C=O) groups is 6. The van der Waals surface area contributed by atoms with Gasteiger partial charge < -0.3 is 102 Å². The number of aryl methyl sites for hydroxylation is 2. The maximum absolute atomic E-state index is 12.3. The molecule has 28 nitrogen and oxygen atoms in total. The van der Waals surface area contributed by atoms with Crippen LogP contribution in [0.3, 0.4) is 0 Å². The van der Waals surface area contributed by atoms with Crippen LogP contribution in [0, 0.1) is 0 Å². The Balaban J connectivity index is 0.000000248. The zero-order chi connectivity index (χ0) is 84.5. The number of hydrogen-bond acceptors (Lipinski definition) is 21. The number of Topliss-reactive ketones (excluding diaryl/α,β-unsaturated/α-hetero) is 1. The van der Waals surface area contributed by atoms with E-state index in [1.165, 1.54) is 82.3 Å². The molecule has 14 rings (SSSR count). The van der Waals surface area contributed by atoms with Crippen LogP contribution in [-0.4, -0.2) is 173 Å². The average Bonchev–Trinajstić information content (AvgIpc) is 1.62. The molecule has 5 aromatic carbocycles. The SMILES string of the molecule is C.CC(C)(C)OC(=O)N1CCCC(=O)C1.CC(C)(C)OC(=O)OC(=O)OC(C)(C)C.COc1ccc(NN)cc1.COc1ccc2[nH]c3c(c2c1)CCN(C(=O)OC(C)(C)C)C3.COc1ccc2[nH]c3c(c2c1)CCNC3.COc1ccc2c(c1)c1c(n2C)CN(C(=O)OC(C)(C)C)CC1.COc1ccc2c(c1)c1c(n2C)CNCC1.Cl.Cl. The summed E-state index contributed by atoms with van der Waals surface area (Å²) in [5.41, 5.74) is 15.8. The van der Waals surface area contributed by atoms with E-state index in [1.54, 1.807) is 86.9 Å². The summed E-state index contributed by atoms with van der Waals surface area (Å²) in [4.78, 5) is 81.0. The summed E-state index contributed by atoms with van der Waals surface area (Å²) >= 11 is 0. The first-order valence-electron chi connectivity index (χ1n) is 38.9. The van der Waals surface area contributed by atoms with E-state index in [-0.39, 0.29) is 62.8 Å². The second-order valence-corrected chi connectivity index (χ2v) is 33.3. The molecule has 0 atom stereocenters. The van der Waals surface area contributed by atoms with Crippen molar-refractivity contribution in [1.82, 2.24) is 44.4 Å². The minimum Gasteiger partial charge on any atom is -0.497 e. The van der Waals surface area contributed by atoms with Crippen LogP contribution >= 0.6 is 24.8 Å². The van der Waals surface area contributed by atoms with Crippen LogP contribution < -0.4 is 45.6 Å². The molecule has 0 spiro atoms. The summed E-state index contributed by atoms with van der Waals surface area (Å²) in [5.74, 6) is 9.69. The van der Waals surface area contributed by atoms with Crippen molar-refractivity contribution < 1.29 is 80.9 Å². The Labute approximate surface area is 707 Å². The van der Waals surface area contributed by atoms with Crippen LogP contribution in [0.15, 0.2) is 97.1 Å². The summed E-state index contributed by atoms with van der Waals surface area (Å²) in [6.45, 7) is 34.2. The maximum Gasteiger partial charge on any atom is 0.519 e.